The van der Waals surface area contributed by atoms with E-state index in [1.165, 1.54) is 0 Å². The van der Waals surface area contributed by atoms with Crippen LogP contribution in [0.4, 0.5) is 0 Å². The van der Waals surface area contributed by atoms with Gasteiger partial charge in [0.2, 0.25) is 0 Å². The van der Waals surface area contributed by atoms with E-state index in [4.69, 9.17) is 4.74 Å². The molecule has 0 saturated carbocycles. The van der Waals surface area contributed by atoms with E-state index in [1.54, 1.807) is 36.3 Å². The molecule has 2 aromatic carbocycles. The van der Waals surface area contributed by atoms with Gasteiger partial charge in [-0.2, -0.15) is 0 Å². The number of amides is 1. The first-order valence-electron chi connectivity index (χ1n) is 8.34. The topological polar surface area (TPSA) is 63.7 Å². The molecule has 1 aliphatic rings. The lowest BCUT2D eigenvalue weighted by Gasteiger charge is -2.31. The van der Waals surface area contributed by atoms with E-state index >= 15 is 0 Å². The zero-order chi connectivity index (χ0) is 18.7. The molecule has 0 N–H and O–H groups in total. The molecule has 0 unspecified atom stereocenters. The second kappa shape index (κ2) is 7.96. The Labute approximate surface area is 167 Å². The van der Waals surface area contributed by atoms with Gasteiger partial charge in [-0.15, -0.1) is 0 Å². The van der Waals surface area contributed by atoms with Crippen molar-refractivity contribution < 1.29 is 17.9 Å². The van der Waals surface area contributed by atoms with Gasteiger partial charge in [0.1, 0.15) is 5.75 Å². The third-order valence-corrected chi connectivity index (χ3v) is 7.64. The first-order valence-corrected chi connectivity index (χ1v) is 11.0. The maximum Gasteiger partial charge on any atom is 0.253 e. The fourth-order valence-electron chi connectivity index (χ4n) is 3.10. The number of benzene rings is 2. The first-order chi connectivity index (χ1) is 12.4. The molecule has 1 aliphatic heterocycles. The molecule has 1 saturated heterocycles. The van der Waals surface area contributed by atoms with Gasteiger partial charge in [-0.25, -0.2) is 8.42 Å². The van der Waals surface area contributed by atoms with Gasteiger partial charge in [0.05, 0.1) is 17.3 Å². The molecule has 2 aromatic rings. The van der Waals surface area contributed by atoms with Gasteiger partial charge < -0.3 is 9.64 Å². The van der Waals surface area contributed by atoms with Gasteiger partial charge in [-0.05, 0) is 84.0 Å². The van der Waals surface area contributed by atoms with Gasteiger partial charge in [0.15, 0.2) is 9.84 Å². The van der Waals surface area contributed by atoms with Crippen LogP contribution in [0.2, 0.25) is 0 Å². The third-order valence-electron chi connectivity index (χ3n) is 4.65. The minimum Gasteiger partial charge on any atom is -0.497 e. The molecule has 138 valence electrons. The summed E-state index contributed by atoms with van der Waals surface area (Å²) in [5, 5.41) is -0.461. The van der Waals surface area contributed by atoms with Gasteiger partial charge >= 0.3 is 0 Å². The summed E-state index contributed by atoms with van der Waals surface area (Å²) in [5.74, 6) is 0.587. The molecule has 0 atom stereocenters. The van der Waals surface area contributed by atoms with Gasteiger partial charge in [0, 0.05) is 22.2 Å². The fraction of sp³-hybridized carbons (Fsp3) is 0.316. The summed E-state index contributed by atoms with van der Waals surface area (Å²) in [6.07, 6.45) is 0.898. The summed E-state index contributed by atoms with van der Waals surface area (Å²) >= 11 is 2.20. The standard InChI is InChI=1S/C19H20INO4S/c1-25-16-6-8-17(9-7-16)26(23,24)18-10-12-21(13-11-18)19(22)14-2-4-15(20)5-3-14/h2-9,18H,10-13H2,1H3. The molecule has 3 rings (SSSR count). The lowest BCUT2D eigenvalue weighted by atomic mass is 10.1. The number of hydrogen-bond donors (Lipinski definition) is 0. The van der Waals surface area contributed by atoms with Crippen molar-refractivity contribution in [2.45, 2.75) is 23.0 Å². The Kier molecular flexibility index (Phi) is 5.86. The van der Waals surface area contributed by atoms with Crippen LogP contribution in [-0.4, -0.2) is 44.7 Å². The van der Waals surface area contributed by atoms with Crippen LogP contribution in [0.3, 0.4) is 0 Å². The van der Waals surface area contributed by atoms with Crippen LogP contribution in [-0.2, 0) is 9.84 Å². The van der Waals surface area contributed by atoms with Crippen LogP contribution < -0.4 is 4.74 Å². The molecule has 7 heteroatoms. The number of ether oxygens (including phenoxy) is 1. The maximum absolute atomic E-state index is 12.8. The number of halogens is 1. The Balaban J connectivity index is 1.67. The number of sulfone groups is 1. The normalized spacial score (nSPS) is 15.7. The number of nitrogens with zero attached hydrogens (tertiary/aromatic N) is 1. The molecule has 1 fully saturated rings. The van der Waals surface area contributed by atoms with Crippen molar-refractivity contribution in [3.05, 3.63) is 57.7 Å². The molecule has 1 heterocycles. The van der Waals surface area contributed by atoms with Crippen molar-refractivity contribution in [1.82, 2.24) is 4.90 Å². The summed E-state index contributed by atoms with van der Waals surface area (Å²) in [7, 11) is -1.86. The zero-order valence-corrected chi connectivity index (χ0v) is 17.4. The van der Waals surface area contributed by atoms with E-state index in [0.29, 0.717) is 42.1 Å². The lowest BCUT2D eigenvalue weighted by molar-refractivity contribution is 0.0725. The van der Waals surface area contributed by atoms with E-state index in [-0.39, 0.29) is 5.91 Å². The maximum atomic E-state index is 12.8. The molecular weight excluding hydrogens is 465 g/mol. The van der Waals surface area contributed by atoms with E-state index in [9.17, 15) is 13.2 Å². The minimum absolute atomic E-state index is 0.0401. The fourth-order valence-corrected chi connectivity index (χ4v) is 5.19. The van der Waals surface area contributed by atoms with Gasteiger partial charge in [-0.1, -0.05) is 0 Å². The minimum atomic E-state index is -3.40. The molecular formula is C19H20INO4S. The largest absolute Gasteiger partial charge is 0.497 e. The van der Waals surface area contributed by atoms with Crippen LogP contribution in [0.1, 0.15) is 23.2 Å². The summed E-state index contributed by atoms with van der Waals surface area (Å²) in [5.41, 5.74) is 0.641. The number of carbonyl (C=O) groups excluding carboxylic acids is 1. The van der Waals surface area contributed by atoms with Crippen molar-refractivity contribution in [2.75, 3.05) is 20.2 Å². The van der Waals surface area contributed by atoms with Crippen LogP contribution in [0.5, 0.6) is 5.75 Å². The Bertz CT molecular complexity index is 871. The third kappa shape index (κ3) is 4.03. The highest BCUT2D eigenvalue weighted by Crippen LogP contribution is 2.26. The van der Waals surface area contributed by atoms with Crippen LogP contribution in [0.25, 0.3) is 0 Å². The predicted molar refractivity (Wildman–Crippen MR) is 108 cm³/mol. The van der Waals surface area contributed by atoms with E-state index in [2.05, 4.69) is 22.6 Å². The average molecular weight is 485 g/mol. The quantitative estimate of drug-likeness (QED) is 0.624. The van der Waals surface area contributed by atoms with Crippen molar-refractivity contribution in [2.24, 2.45) is 0 Å². The summed E-state index contributed by atoms with van der Waals surface area (Å²) in [4.78, 5) is 14.6. The highest BCUT2D eigenvalue weighted by molar-refractivity contribution is 14.1. The number of methoxy groups -OCH3 is 1. The van der Waals surface area contributed by atoms with Gasteiger partial charge in [-0.3, -0.25) is 4.79 Å². The average Bonchev–Trinajstić information content (AvgIpc) is 2.68. The smallest absolute Gasteiger partial charge is 0.253 e. The van der Waals surface area contributed by atoms with Crippen LogP contribution in [0.15, 0.2) is 53.4 Å². The molecule has 0 bridgehead atoms. The van der Waals surface area contributed by atoms with Crippen molar-refractivity contribution in [3.63, 3.8) is 0 Å². The van der Waals surface area contributed by atoms with E-state index in [0.717, 1.165) is 3.57 Å². The highest BCUT2D eigenvalue weighted by atomic mass is 127. The SMILES string of the molecule is COc1ccc(S(=O)(=O)C2CCN(C(=O)c3ccc(I)cc3)CC2)cc1. The predicted octanol–water partition coefficient (Wildman–Crippen LogP) is 3.38. The molecule has 26 heavy (non-hydrogen) atoms. The van der Waals surface area contributed by atoms with Crippen LogP contribution >= 0.6 is 22.6 Å². The number of piperidine rings is 1. The molecule has 0 radical (unpaired) electrons. The van der Waals surface area contributed by atoms with Crippen LogP contribution in [0, 0.1) is 3.57 Å². The van der Waals surface area contributed by atoms with E-state index < -0.39 is 15.1 Å². The Morgan fingerprint density at radius 1 is 1.04 bits per heavy atom. The number of hydrogen-bond acceptors (Lipinski definition) is 4. The monoisotopic (exact) mass is 485 g/mol. The second-order valence-corrected chi connectivity index (χ2v) is 9.69. The summed E-state index contributed by atoms with van der Waals surface area (Å²) < 4.78 is 31.8. The number of carbonyl (C=O) groups is 1. The van der Waals surface area contributed by atoms with Crippen molar-refractivity contribution in [3.8, 4) is 5.75 Å². The Morgan fingerprint density at radius 3 is 2.15 bits per heavy atom. The lowest BCUT2D eigenvalue weighted by Crippen LogP contribution is -2.42. The molecule has 5 nitrogen and oxygen atoms in total. The first kappa shape index (κ1) is 19.2. The Hall–Kier alpha value is -1.61. The summed E-state index contributed by atoms with van der Waals surface area (Å²) in [6.45, 7) is 0.899. The molecule has 1 amide bonds. The second-order valence-electron chi connectivity index (χ2n) is 6.22. The zero-order valence-electron chi connectivity index (χ0n) is 14.4. The molecule has 0 aliphatic carbocycles. The summed E-state index contributed by atoms with van der Waals surface area (Å²) in [6, 6.07) is 13.9. The number of rotatable bonds is 4. The van der Waals surface area contributed by atoms with Crippen molar-refractivity contribution in [1.29, 1.82) is 0 Å². The highest BCUT2D eigenvalue weighted by Gasteiger charge is 2.32. The van der Waals surface area contributed by atoms with Crippen molar-refractivity contribution >= 4 is 38.3 Å². The number of likely N-dealkylation sites (tertiary alicyclic amines) is 1. The molecule has 0 spiro atoms. The molecule has 0 aromatic heterocycles. The van der Waals surface area contributed by atoms with E-state index in [1.807, 2.05) is 24.3 Å². The Morgan fingerprint density at radius 2 is 1.62 bits per heavy atom. The van der Waals surface area contributed by atoms with Gasteiger partial charge in [0.25, 0.3) is 5.91 Å².